The van der Waals surface area contributed by atoms with Crippen LogP contribution in [0.2, 0.25) is 0 Å². The minimum absolute atomic E-state index is 0.291. The summed E-state index contributed by atoms with van der Waals surface area (Å²) in [4.78, 5) is 14.3. The van der Waals surface area contributed by atoms with E-state index in [0.717, 1.165) is 31.8 Å². The Hall–Kier alpha value is -1.32. The Balaban J connectivity index is 1.51. The molecule has 2 fully saturated rings. The van der Waals surface area contributed by atoms with Crippen LogP contribution in [0, 0.1) is 11.8 Å². The molecule has 2 aliphatic rings. The Morgan fingerprint density at radius 2 is 1.94 bits per heavy atom. The average molecular weight is 247 g/mol. The normalized spacial score (nSPS) is 29.1. The second-order valence-corrected chi connectivity index (χ2v) is 5.84. The zero-order chi connectivity index (χ0) is 12.5. The third-order valence-electron chi connectivity index (χ3n) is 4.44. The number of hydrogen-bond donors (Lipinski definition) is 0. The minimum atomic E-state index is 0.291. The molecular weight excluding hydrogens is 226 g/mol. The molecule has 1 aromatic heterocycles. The van der Waals surface area contributed by atoms with E-state index in [-0.39, 0.29) is 0 Å². The summed E-state index contributed by atoms with van der Waals surface area (Å²) in [6, 6.07) is 2.33. The molecule has 18 heavy (non-hydrogen) atoms. The van der Waals surface area contributed by atoms with Crippen molar-refractivity contribution in [3.05, 3.63) is 18.5 Å². The summed E-state index contributed by atoms with van der Waals surface area (Å²) in [5.41, 5.74) is 0. The van der Waals surface area contributed by atoms with E-state index < -0.39 is 0 Å². The van der Waals surface area contributed by atoms with Gasteiger partial charge >= 0.3 is 0 Å². The summed E-state index contributed by atoms with van der Waals surface area (Å²) in [6.45, 7) is 3.97. The summed E-state index contributed by atoms with van der Waals surface area (Å²) in [7, 11) is 0. The first kappa shape index (κ1) is 11.8. The molecule has 0 N–H and O–H groups in total. The maximum absolute atomic E-state index is 12.3. The maximum Gasteiger partial charge on any atom is 0.225 e. The van der Waals surface area contributed by atoms with Crippen LogP contribution in [-0.2, 0) is 4.79 Å². The molecule has 1 saturated heterocycles. The van der Waals surface area contributed by atoms with Crippen molar-refractivity contribution in [1.29, 1.82) is 0 Å². The fraction of sp³-hybridized carbons (Fsp3) is 0.714. The van der Waals surface area contributed by atoms with Gasteiger partial charge in [0.15, 0.2) is 0 Å². The second kappa shape index (κ2) is 4.75. The molecule has 0 atom stereocenters. The van der Waals surface area contributed by atoms with E-state index >= 15 is 0 Å². The molecule has 4 nitrogen and oxygen atoms in total. The van der Waals surface area contributed by atoms with E-state index in [1.807, 2.05) is 21.8 Å². The molecule has 1 aromatic rings. The van der Waals surface area contributed by atoms with E-state index in [9.17, 15) is 4.79 Å². The second-order valence-electron chi connectivity index (χ2n) is 5.84. The van der Waals surface area contributed by atoms with Crippen molar-refractivity contribution < 1.29 is 4.79 Å². The van der Waals surface area contributed by atoms with Gasteiger partial charge in [-0.1, -0.05) is 6.92 Å². The highest BCUT2D eigenvalue weighted by Crippen LogP contribution is 2.32. The van der Waals surface area contributed by atoms with E-state index in [1.165, 1.54) is 12.8 Å². The maximum atomic E-state index is 12.3. The Morgan fingerprint density at radius 3 is 2.56 bits per heavy atom. The molecule has 0 radical (unpaired) electrons. The SMILES string of the molecule is CC1CCC(C(=O)N2CC(n3cccn3)C2)CC1. The average Bonchev–Trinajstić information content (AvgIpc) is 2.81. The largest absolute Gasteiger partial charge is 0.338 e. The van der Waals surface area contributed by atoms with Crippen LogP contribution < -0.4 is 0 Å². The van der Waals surface area contributed by atoms with Gasteiger partial charge in [0.1, 0.15) is 0 Å². The van der Waals surface area contributed by atoms with Crippen molar-refractivity contribution in [1.82, 2.24) is 14.7 Å². The smallest absolute Gasteiger partial charge is 0.225 e. The van der Waals surface area contributed by atoms with Gasteiger partial charge in [0, 0.05) is 31.4 Å². The van der Waals surface area contributed by atoms with E-state index in [2.05, 4.69) is 12.0 Å². The molecular formula is C14H21N3O. The van der Waals surface area contributed by atoms with Gasteiger partial charge in [0.05, 0.1) is 6.04 Å². The van der Waals surface area contributed by atoms with Gasteiger partial charge in [-0.05, 0) is 37.7 Å². The molecule has 1 aliphatic heterocycles. The topological polar surface area (TPSA) is 38.1 Å². The number of carbonyl (C=O) groups is 1. The van der Waals surface area contributed by atoms with Crippen LogP contribution >= 0.6 is 0 Å². The van der Waals surface area contributed by atoms with Gasteiger partial charge < -0.3 is 4.90 Å². The summed E-state index contributed by atoms with van der Waals surface area (Å²) in [5.74, 6) is 1.48. The Morgan fingerprint density at radius 1 is 1.22 bits per heavy atom. The summed E-state index contributed by atoms with van der Waals surface area (Å²) >= 11 is 0. The van der Waals surface area contributed by atoms with Crippen molar-refractivity contribution in [2.75, 3.05) is 13.1 Å². The highest BCUT2D eigenvalue weighted by Gasteiger charge is 2.36. The summed E-state index contributed by atoms with van der Waals surface area (Å²) < 4.78 is 1.97. The summed E-state index contributed by atoms with van der Waals surface area (Å²) in [6.07, 6.45) is 8.38. The molecule has 98 valence electrons. The first-order valence-electron chi connectivity index (χ1n) is 7.02. The summed E-state index contributed by atoms with van der Waals surface area (Å²) in [5, 5.41) is 4.23. The highest BCUT2D eigenvalue weighted by atomic mass is 16.2. The zero-order valence-electron chi connectivity index (χ0n) is 11.0. The number of rotatable bonds is 2. The van der Waals surface area contributed by atoms with Crippen LogP contribution in [-0.4, -0.2) is 33.7 Å². The molecule has 0 spiro atoms. The first-order valence-corrected chi connectivity index (χ1v) is 7.02. The van der Waals surface area contributed by atoms with Gasteiger partial charge in [-0.2, -0.15) is 5.10 Å². The van der Waals surface area contributed by atoms with Crippen molar-refractivity contribution in [2.24, 2.45) is 11.8 Å². The number of nitrogens with zero attached hydrogens (tertiary/aromatic N) is 3. The van der Waals surface area contributed by atoms with Crippen LogP contribution in [0.25, 0.3) is 0 Å². The number of hydrogen-bond acceptors (Lipinski definition) is 2. The molecule has 1 saturated carbocycles. The Bertz CT molecular complexity index is 401. The molecule has 0 unspecified atom stereocenters. The number of likely N-dealkylation sites (tertiary alicyclic amines) is 1. The Labute approximate surface area is 108 Å². The number of aromatic nitrogens is 2. The lowest BCUT2D eigenvalue weighted by Crippen LogP contribution is -2.53. The number of carbonyl (C=O) groups excluding carboxylic acids is 1. The molecule has 4 heteroatoms. The molecule has 3 rings (SSSR count). The van der Waals surface area contributed by atoms with Gasteiger partial charge in [-0.15, -0.1) is 0 Å². The van der Waals surface area contributed by atoms with Gasteiger partial charge in [-0.3, -0.25) is 9.48 Å². The van der Waals surface area contributed by atoms with Crippen LogP contribution in [0.3, 0.4) is 0 Å². The lowest BCUT2D eigenvalue weighted by molar-refractivity contribution is -0.143. The van der Waals surface area contributed by atoms with E-state index in [0.29, 0.717) is 17.9 Å². The van der Waals surface area contributed by atoms with Crippen molar-refractivity contribution in [2.45, 2.75) is 38.6 Å². The van der Waals surface area contributed by atoms with E-state index in [4.69, 9.17) is 0 Å². The molecule has 2 heterocycles. The minimum Gasteiger partial charge on any atom is -0.338 e. The predicted octanol–water partition coefficient (Wildman–Crippen LogP) is 2.09. The lowest BCUT2D eigenvalue weighted by Gasteiger charge is -2.42. The fourth-order valence-electron chi connectivity index (χ4n) is 3.06. The molecule has 0 aromatic carbocycles. The van der Waals surface area contributed by atoms with Crippen LogP contribution in [0.5, 0.6) is 0 Å². The predicted molar refractivity (Wildman–Crippen MR) is 69.0 cm³/mol. The van der Waals surface area contributed by atoms with Gasteiger partial charge in [0.25, 0.3) is 0 Å². The van der Waals surface area contributed by atoms with Gasteiger partial charge in [-0.25, -0.2) is 0 Å². The third kappa shape index (κ3) is 2.16. The lowest BCUT2D eigenvalue weighted by atomic mass is 9.82. The highest BCUT2D eigenvalue weighted by molar-refractivity contribution is 5.79. The fourth-order valence-corrected chi connectivity index (χ4v) is 3.06. The first-order chi connectivity index (χ1) is 8.74. The third-order valence-corrected chi connectivity index (χ3v) is 4.44. The standard InChI is InChI=1S/C14H21N3O/c1-11-3-5-12(6-4-11)14(18)16-9-13(10-16)17-8-2-7-15-17/h2,7-8,11-13H,3-6,9-10H2,1H3. The Kier molecular flexibility index (Phi) is 3.10. The molecule has 0 bridgehead atoms. The molecule has 1 amide bonds. The van der Waals surface area contributed by atoms with E-state index in [1.54, 1.807) is 6.20 Å². The number of amides is 1. The van der Waals surface area contributed by atoms with Crippen LogP contribution in [0.15, 0.2) is 18.5 Å². The van der Waals surface area contributed by atoms with Crippen LogP contribution in [0.1, 0.15) is 38.6 Å². The van der Waals surface area contributed by atoms with Crippen molar-refractivity contribution in [3.8, 4) is 0 Å². The van der Waals surface area contributed by atoms with Gasteiger partial charge in [0.2, 0.25) is 5.91 Å². The van der Waals surface area contributed by atoms with Crippen molar-refractivity contribution in [3.63, 3.8) is 0 Å². The van der Waals surface area contributed by atoms with Crippen LogP contribution in [0.4, 0.5) is 0 Å². The molecule has 1 aliphatic carbocycles. The zero-order valence-corrected chi connectivity index (χ0v) is 11.0. The quantitative estimate of drug-likeness (QED) is 0.802. The monoisotopic (exact) mass is 247 g/mol. The van der Waals surface area contributed by atoms with Crippen molar-refractivity contribution >= 4 is 5.91 Å².